The summed E-state index contributed by atoms with van der Waals surface area (Å²) in [6.07, 6.45) is 24.2. The molecule has 0 bridgehead atoms. The highest BCUT2D eigenvalue weighted by atomic mass is 15.2. The minimum atomic E-state index is 0.239. The lowest BCUT2D eigenvalue weighted by Crippen LogP contribution is -2.41. The van der Waals surface area contributed by atoms with Gasteiger partial charge >= 0.3 is 0 Å². The van der Waals surface area contributed by atoms with Crippen LogP contribution in [0.5, 0.6) is 0 Å². The monoisotopic (exact) mass is 409 g/mol. The molecular weight excluding hydrogens is 366 g/mol. The second kappa shape index (κ2) is 10.7. The average Bonchev–Trinajstić information content (AvgIpc) is 2.81. The number of hydrogen-bond donors (Lipinski definition) is 1. The average molecular weight is 410 g/mol. The SMILES string of the molecule is C=C1C(CC2CCC(N3CCCCC3)CC2)=CC(N2CCCCC2)=CC1N/C=C\C. The second-order valence-electron chi connectivity index (χ2n) is 9.95. The Morgan fingerprint density at radius 1 is 0.967 bits per heavy atom. The maximum Gasteiger partial charge on any atom is 0.0712 e. The molecule has 30 heavy (non-hydrogen) atoms. The molecule has 0 radical (unpaired) electrons. The molecule has 0 aromatic heterocycles. The van der Waals surface area contributed by atoms with Crippen LogP contribution in [0.1, 0.15) is 77.6 Å². The Bertz CT molecular complexity index is 654. The maximum absolute atomic E-state index is 4.53. The quantitative estimate of drug-likeness (QED) is 0.600. The van der Waals surface area contributed by atoms with Gasteiger partial charge in [0.15, 0.2) is 0 Å². The minimum absolute atomic E-state index is 0.239. The first-order valence-electron chi connectivity index (χ1n) is 12.7. The van der Waals surface area contributed by atoms with Gasteiger partial charge in [-0.15, -0.1) is 0 Å². The Morgan fingerprint density at radius 2 is 1.63 bits per heavy atom. The van der Waals surface area contributed by atoms with Crippen LogP contribution in [-0.4, -0.2) is 48.1 Å². The fraction of sp³-hybridized carbons (Fsp3) is 0.704. The zero-order valence-corrected chi connectivity index (χ0v) is 19.2. The van der Waals surface area contributed by atoms with E-state index in [0.717, 1.165) is 12.0 Å². The largest absolute Gasteiger partial charge is 0.381 e. The summed E-state index contributed by atoms with van der Waals surface area (Å²) in [5.41, 5.74) is 4.22. The number of piperidine rings is 2. The molecule has 4 rings (SSSR count). The highest BCUT2D eigenvalue weighted by molar-refractivity contribution is 5.47. The molecule has 0 aromatic carbocycles. The standard InChI is InChI=1S/C27H43N3/c1-3-14-28-27-21-26(30-17-8-5-9-18-30)20-24(22(27)2)19-23-10-12-25(13-11-23)29-15-6-4-7-16-29/h3,14,20-21,23,25,27-28H,2,4-13,15-19H2,1H3/b14-3-. The fourth-order valence-electron chi connectivity index (χ4n) is 5.99. The molecule has 3 fully saturated rings. The predicted octanol–water partition coefficient (Wildman–Crippen LogP) is 5.78. The van der Waals surface area contributed by atoms with E-state index in [0.29, 0.717) is 0 Å². The van der Waals surface area contributed by atoms with E-state index in [1.807, 2.05) is 0 Å². The van der Waals surface area contributed by atoms with Crippen LogP contribution in [-0.2, 0) is 0 Å². The molecule has 166 valence electrons. The number of likely N-dealkylation sites (tertiary alicyclic amines) is 2. The molecule has 2 aliphatic carbocycles. The van der Waals surface area contributed by atoms with Gasteiger partial charge in [-0.3, -0.25) is 0 Å². The molecule has 1 atom stereocenters. The Balaban J connectivity index is 1.39. The number of nitrogens with one attached hydrogen (secondary N) is 1. The summed E-state index contributed by atoms with van der Waals surface area (Å²) < 4.78 is 0. The van der Waals surface area contributed by atoms with Crippen LogP contribution in [0, 0.1) is 5.92 Å². The normalized spacial score (nSPS) is 31.6. The smallest absolute Gasteiger partial charge is 0.0712 e. The third-order valence-corrected chi connectivity index (χ3v) is 7.84. The first kappa shape index (κ1) is 21.7. The van der Waals surface area contributed by atoms with Crippen LogP contribution in [0.15, 0.2) is 47.9 Å². The van der Waals surface area contributed by atoms with Gasteiger partial charge in [0.1, 0.15) is 0 Å². The van der Waals surface area contributed by atoms with Crippen molar-refractivity contribution in [3.8, 4) is 0 Å². The molecule has 3 nitrogen and oxygen atoms in total. The van der Waals surface area contributed by atoms with Crippen LogP contribution in [0.2, 0.25) is 0 Å². The van der Waals surface area contributed by atoms with Crippen LogP contribution >= 0.6 is 0 Å². The number of hydrogen-bond acceptors (Lipinski definition) is 3. The molecule has 4 aliphatic rings. The van der Waals surface area contributed by atoms with Crippen molar-refractivity contribution >= 4 is 0 Å². The van der Waals surface area contributed by atoms with Crippen molar-refractivity contribution in [1.82, 2.24) is 15.1 Å². The molecule has 1 unspecified atom stereocenters. The summed E-state index contributed by atoms with van der Waals surface area (Å²) in [5, 5.41) is 3.58. The summed E-state index contributed by atoms with van der Waals surface area (Å²) in [5.74, 6) is 0.831. The molecule has 2 aliphatic heterocycles. The molecule has 2 heterocycles. The van der Waals surface area contributed by atoms with E-state index in [4.69, 9.17) is 0 Å². The van der Waals surface area contributed by atoms with E-state index < -0.39 is 0 Å². The van der Waals surface area contributed by atoms with Gasteiger partial charge in [0.2, 0.25) is 0 Å². The van der Waals surface area contributed by atoms with Crippen LogP contribution in [0.3, 0.4) is 0 Å². The molecular formula is C27H43N3. The summed E-state index contributed by atoms with van der Waals surface area (Å²) in [7, 11) is 0. The lowest BCUT2D eigenvalue weighted by atomic mass is 9.78. The van der Waals surface area contributed by atoms with Crippen molar-refractivity contribution in [2.24, 2.45) is 5.92 Å². The van der Waals surface area contributed by atoms with Crippen molar-refractivity contribution < 1.29 is 0 Å². The Labute approximate surface area is 185 Å². The topological polar surface area (TPSA) is 18.5 Å². The number of nitrogens with zero attached hydrogens (tertiary/aromatic N) is 2. The minimum Gasteiger partial charge on any atom is -0.381 e. The second-order valence-corrected chi connectivity index (χ2v) is 9.95. The Morgan fingerprint density at radius 3 is 2.30 bits per heavy atom. The first-order valence-corrected chi connectivity index (χ1v) is 12.7. The Kier molecular flexibility index (Phi) is 7.76. The molecule has 2 saturated heterocycles. The zero-order valence-electron chi connectivity index (χ0n) is 19.2. The molecule has 1 saturated carbocycles. The molecule has 1 N–H and O–H groups in total. The highest BCUT2D eigenvalue weighted by Gasteiger charge is 2.29. The van der Waals surface area contributed by atoms with E-state index in [2.05, 4.69) is 53.0 Å². The highest BCUT2D eigenvalue weighted by Crippen LogP contribution is 2.37. The van der Waals surface area contributed by atoms with Gasteiger partial charge in [0.05, 0.1) is 6.04 Å². The van der Waals surface area contributed by atoms with Crippen LogP contribution in [0.25, 0.3) is 0 Å². The van der Waals surface area contributed by atoms with E-state index >= 15 is 0 Å². The third-order valence-electron chi connectivity index (χ3n) is 7.84. The predicted molar refractivity (Wildman–Crippen MR) is 128 cm³/mol. The molecule has 0 aromatic rings. The molecule has 0 amide bonds. The van der Waals surface area contributed by atoms with E-state index in [1.165, 1.54) is 114 Å². The summed E-state index contributed by atoms with van der Waals surface area (Å²) in [6, 6.07) is 1.10. The van der Waals surface area contributed by atoms with Gasteiger partial charge < -0.3 is 15.1 Å². The molecule has 0 spiro atoms. The third kappa shape index (κ3) is 5.41. The van der Waals surface area contributed by atoms with Gasteiger partial charge in [-0.05, 0) is 120 Å². The lowest BCUT2D eigenvalue weighted by molar-refractivity contribution is 0.114. The van der Waals surface area contributed by atoms with Gasteiger partial charge in [-0.1, -0.05) is 19.1 Å². The van der Waals surface area contributed by atoms with Crippen LogP contribution < -0.4 is 5.32 Å². The summed E-state index contributed by atoms with van der Waals surface area (Å²) >= 11 is 0. The lowest BCUT2D eigenvalue weighted by Gasteiger charge is -2.39. The van der Waals surface area contributed by atoms with Crippen molar-refractivity contribution in [2.75, 3.05) is 26.2 Å². The maximum atomic E-state index is 4.53. The van der Waals surface area contributed by atoms with Gasteiger partial charge in [0.25, 0.3) is 0 Å². The van der Waals surface area contributed by atoms with Crippen LogP contribution in [0.4, 0.5) is 0 Å². The zero-order chi connectivity index (χ0) is 20.8. The molecule has 3 heteroatoms. The number of allylic oxidation sites excluding steroid dienone is 2. The van der Waals surface area contributed by atoms with Gasteiger partial charge in [-0.25, -0.2) is 0 Å². The Hall–Kier alpha value is -1.48. The van der Waals surface area contributed by atoms with Crippen molar-refractivity contribution in [3.63, 3.8) is 0 Å². The van der Waals surface area contributed by atoms with E-state index in [9.17, 15) is 0 Å². The first-order chi connectivity index (χ1) is 14.7. The number of rotatable bonds is 6. The fourth-order valence-corrected chi connectivity index (χ4v) is 5.99. The summed E-state index contributed by atoms with van der Waals surface area (Å²) in [4.78, 5) is 5.40. The van der Waals surface area contributed by atoms with E-state index in [-0.39, 0.29) is 6.04 Å². The van der Waals surface area contributed by atoms with Gasteiger partial charge in [-0.2, -0.15) is 0 Å². The van der Waals surface area contributed by atoms with Crippen molar-refractivity contribution in [2.45, 2.75) is 89.6 Å². The van der Waals surface area contributed by atoms with E-state index in [1.54, 1.807) is 0 Å². The van der Waals surface area contributed by atoms with Crippen molar-refractivity contribution in [1.29, 1.82) is 0 Å². The van der Waals surface area contributed by atoms with Gasteiger partial charge in [0, 0.05) is 24.8 Å². The van der Waals surface area contributed by atoms with Crippen molar-refractivity contribution in [3.05, 3.63) is 47.9 Å². The summed E-state index contributed by atoms with van der Waals surface area (Å²) in [6.45, 7) is 11.7.